The molecule has 0 unspecified atom stereocenters. The lowest BCUT2D eigenvalue weighted by Crippen LogP contribution is -2.61. The predicted octanol–water partition coefficient (Wildman–Crippen LogP) is 3.42. The second-order valence-corrected chi connectivity index (χ2v) is 7.63. The van der Waals surface area contributed by atoms with Crippen LogP contribution >= 0.6 is 0 Å². The second kappa shape index (κ2) is 6.13. The van der Waals surface area contributed by atoms with Crippen molar-refractivity contribution < 1.29 is 0 Å². The summed E-state index contributed by atoms with van der Waals surface area (Å²) >= 11 is 0. The Bertz CT molecular complexity index is 269. The number of hydrogen-bond acceptors (Lipinski definition) is 2. The molecule has 3 rings (SSSR count). The molecule has 1 heterocycles. The molecule has 1 N–H and O–H groups in total. The highest BCUT2D eigenvalue weighted by Crippen LogP contribution is 2.33. The minimum atomic E-state index is 0.498. The molecule has 0 radical (unpaired) electrons. The molecule has 0 bridgehead atoms. The lowest BCUT2D eigenvalue weighted by atomic mass is 9.79. The number of hydrogen-bond donors (Lipinski definition) is 1. The standard InChI is InChI=1S/C17H32N2/c1-15-5-7-16(8-6-15)13-19-12-11-18-17(14-19)9-3-2-4-10-17/h15-16,18H,2-14H2,1H3. The molecule has 0 atom stereocenters. The maximum Gasteiger partial charge on any atom is 0.0309 e. The summed E-state index contributed by atoms with van der Waals surface area (Å²) in [7, 11) is 0. The summed E-state index contributed by atoms with van der Waals surface area (Å²) < 4.78 is 0. The van der Waals surface area contributed by atoms with E-state index in [-0.39, 0.29) is 0 Å². The van der Waals surface area contributed by atoms with E-state index >= 15 is 0 Å². The summed E-state index contributed by atoms with van der Waals surface area (Å²) in [5.74, 6) is 1.99. The van der Waals surface area contributed by atoms with Gasteiger partial charge in [0.05, 0.1) is 0 Å². The number of nitrogens with zero attached hydrogens (tertiary/aromatic N) is 1. The summed E-state index contributed by atoms with van der Waals surface area (Å²) in [4.78, 5) is 2.79. The molecule has 1 spiro atoms. The van der Waals surface area contributed by atoms with Crippen LogP contribution in [0.25, 0.3) is 0 Å². The van der Waals surface area contributed by atoms with Gasteiger partial charge in [0.1, 0.15) is 0 Å². The molecule has 2 heteroatoms. The Morgan fingerprint density at radius 2 is 1.79 bits per heavy atom. The summed E-state index contributed by atoms with van der Waals surface area (Å²) in [5, 5.41) is 3.87. The summed E-state index contributed by atoms with van der Waals surface area (Å²) in [6, 6.07) is 0. The van der Waals surface area contributed by atoms with Crippen LogP contribution in [0.5, 0.6) is 0 Å². The van der Waals surface area contributed by atoms with Crippen molar-refractivity contribution in [2.24, 2.45) is 11.8 Å². The van der Waals surface area contributed by atoms with Gasteiger partial charge in [0.25, 0.3) is 0 Å². The first-order chi connectivity index (χ1) is 9.26. The largest absolute Gasteiger partial charge is 0.309 e. The highest BCUT2D eigenvalue weighted by molar-refractivity contribution is 4.97. The molecule has 2 saturated carbocycles. The highest BCUT2D eigenvalue weighted by Gasteiger charge is 2.36. The zero-order valence-electron chi connectivity index (χ0n) is 12.8. The van der Waals surface area contributed by atoms with Crippen molar-refractivity contribution in [2.45, 2.75) is 70.3 Å². The lowest BCUT2D eigenvalue weighted by molar-refractivity contribution is 0.0788. The smallest absolute Gasteiger partial charge is 0.0309 e. The molecule has 0 aromatic carbocycles. The molecule has 3 fully saturated rings. The van der Waals surface area contributed by atoms with Gasteiger partial charge in [0, 0.05) is 31.7 Å². The zero-order valence-corrected chi connectivity index (χ0v) is 12.8. The SMILES string of the molecule is CC1CCC(CN2CCNC3(CCCCC3)C2)CC1. The Morgan fingerprint density at radius 3 is 2.53 bits per heavy atom. The average Bonchev–Trinajstić information content (AvgIpc) is 2.42. The molecule has 2 nitrogen and oxygen atoms in total. The van der Waals surface area contributed by atoms with Crippen molar-refractivity contribution in [1.82, 2.24) is 10.2 Å². The minimum absolute atomic E-state index is 0.498. The normalized spacial score (nSPS) is 36.5. The van der Waals surface area contributed by atoms with Gasteiger partial charge >= 0.3 is 0 Å². The quantitative estimate of drug-likeness (QED) is 0.822. The van der Waals surface area contributed by atoms with Crippen LogP contribution in [0.3, 0.4) is 0 Å². The number of nitrogens with one attached hydrogen (secondary N) is 1. The molecule has 19 heavy (non-hydrogen) atoms. The third-order valence-corrected chi connectivity index (χ3v) is 5.92. The highest BCUT2D eigenvalue weighted by atomic mass is 15.2. The van der Waals surface area contributed by atoms with E-state index in [2.05, 4.69) is 17.1 Å². The van der Waals surface area contributed by atoms with E-state index in [0.717, 1.165) is 11.8 Å². The molecular weight excluding hydrogens is 232 g/mol. The Labute approximate surface area is 119 Å². The van der Waals surface area contributed by atoms with E-state index in [9.17, 15) is 0 Å². The first-order valence-electron chi connectivity index (χ1n) is 8.73. The van der Waals surface area contributed by atoms with E-state index in [0.29, 0.717) is 5.54 Å². The number of rotatable bonds is 2. The predicted molar refractivity (Wildman–Crippen MR) is 81.4 cm³/mol. The van der Waals surface area contributed by atoms with Gasteiger partial charge in [-0.25, -0.2) is 0 Å². The monoisotopic (exact) mass is 264 g/mol. The van der Waals surface area contributed by atoms with Crippen LogP contribution < -0.4 is 5.32 Å². The maximum atomic E-state index is 3.87. The first kappa shape index (κ1) is 13.9. The van der Waals surface area contributed by atoms with Gasteiger partial charge in [0.2, 0.25) is 0 Å². The van der Waals surface area contributed by atoms with E-state index in [1.165, 1.54) is 84.0 Å². The van der Waals surface area contributed by atoms with Crippen LogP contribution in [0.1, 0.15) is 64.7 Å². The lowest BCUT2D eigenvalue weighted by Gasteiger charge is -2.47. The summed E-state index contributed by atoms with van der Waals surface area (Å²) in [6.07, 6.45) is 13.1. The van der Waals surface area contributed by atoms with Gasteiger partial charge in [-0.2, -0.15) is 0 Å². The zero-order chi connectivity index (χ0) is 13.1. The molecule has 1 aliphatic heterocycles. The van der Waals surface area contributed by atoms with Crippen LogP contribution in [0, 0.1) is 11.8 Å². The minimum Gasteiger partial charge on any atom is -0.309 e. The Kier molecular flexibility index (Phi) is 4.48. The fourth-order valence-corrected chi connectivity index (χ4v) is 4.64. The fourth-order valence-electron chi connectivity index (χ4n) is 4.64. The third-order valence-electron chi connectivity index (χ3n) is 5.92. The van der Waals surface area contributed by atoms with E-state index in [1.807, 2.05) is 0 Å². The molecule has 2 aliphatic carbocycles. The van der Waals surface area contributed by atoms with Crippen molar-refractivity contribution in [2.75, 3.05) is 26.2 Å². The summed E-state index contributed by atoms with van der Waals surface area (Å²) in [5.41, 5.74) is 0.498. The van der Waals surface area contributed by atoms with Gasteiger partial charge in [-0.05, 0) is 37.5 Å². The van der Waals surface area contributed by atoms with Gasteiger partial charge in [-0.15, -0.1) is 0 Å². The van der Waals surface area contributed by atoms with Crippen LogP contribution in [-0.2, 0) is 0 Å². The van der Waals surface area contributed by atoms with Crippen molar-refractivity contribution in [1.29, 1.82) is 0 Å². The van der Waals surface area contributed by atoms with E-state index in [1.54, 1.807) is 0 Å². The molecule has 0 aromatic heterocycles. The van der Waals surface area contributed by atoms with Gasteiger partial charge < -0.3 is 5.32 Å². The van der Waals surface area contributed by atoms with Crippen LogP contribution in [0.4, 0.5) is 0 Å². The van der Waals surface area contributed by atoms with Crippen molar-refractivity contribution in [3.63, 3.8) is 0 Å². The molecule has 0 aromatic rings. The number of piperazine rings is 1. The van der Waals surface area contributed by atoms with Gasteiger partial charge in [-0.3, -0.25) is 4.90 Å². The molecular formula is C17H32N2. The Morgan fingerprint density at radius 1 is 1.05 bits per heavy atom. The van der Waals surface area contributed by atoms with Crippen molar-refractivity contribution >= 4 is 0 Å². The third kappa shape index (κ3) is 3.52. The van der Waals surface area contributed by atoms with Crippen molar-refractivity contribution in [3.8, 4) is 0 Å². The molecule has 3 aliphatic rings. The van der Waals surface area contributed by atoms with Gasteiger partial charge in [-0.1, -0.05) is 39.0 Å². The second-order valence-electron chi connectivity index (χ2n) is 7.63. The molecule has 0 amide bonds. The first-order valence-corrected chi connectivity index (χ1v) is 8.73. The van der Waals surface area contributed by atoms with Crippen LogP contribution in [-0.4, -0.2) is 36.6 Å². The fraction of sp³-hybridized carbons (Fsp3) is 1.00. The Balaban J connectivity index is 1.50. The van der Waals surface area contributed by atoms with Gasteiger partial charge in [0.15, 0.2) is 0 Å². The van der Waals surface area contributed by atoms with E-state index in [4.69, 9.17) is 0 Å². The summed E-state index contributed by atoms with van der Waals surface area (Å²) in [6.45, 7) is 7.66. The van der Waals surface area contributed by atoms with Crippen molar-refractivity contribution in [3.05, 3.63) is 0 Å². The van der Waals surface area contributed by atoms with Crippen LogP contribution in [0.2, 0.25) is 0 Å². The maximum absolute atomic E-state index is 3.87. The average molecular weight is 264 g/mol. The molecule has 1 saturated heterocycles. The molecule has 110 valence electrons. The Hall–Kier alpha value is -0.0800. The topological polar surface area (TPSA) is 15.3 Å². The van der Waals surface area contributed by atoms with Crippen LogP contribution in [0.15, 0.2) is 0 Å². The van der Waals surface area contributed by atoms with E-state index < -0.39 is 0 Å².